The first kappa shape index (κ1) is 17.7. The first-order valence-corrected chi connectivity index (χ1v) is 11.2. The fraction of sp³-hybridized carbons (Fsp3) is 0. The highest BCUT2D eigenvalue weighted by Gasteiger charge is 2.25. The van der Waals surface area contributed by atoms with Crippen LogP contribution in [0.5, 0.6) is 0 Å². The molecule has 0 fully saturated rings. The zero-order chi connectivity index (χ0) is 22.2. The van der Waals surface area contributed by atoms with Crippen LogP contribution in [0.2, 0.25) is 0 Å². The molecule has 0 unspecified atom stereocenters. The molecule has 5 heteroatoms. The number of rotatable bonds is 1. The summed E-state index contributed by atoms with van der Waals surface area (Å²) in [4.78, 5) is 18.0. The minimum Gasteiger partial charge on any atom is -0.455 e. The van der Waals surface area contributed by atoms with Gasteiger partial charge in [-0.15, -0.1) is 0 Å². The van der Waals surface area contributed by atoms with Crippen LogP contribution in [0.1, 0.15) is 0 Å². The summed E-state index contributed by atoms with van der Waals surface area (Å²) in [7, 11) is 0. The smallest absolute Gasteiger partial charge is 0.146 e. The van der Waals surface area contributed by atoms with E-state index in [2.05, 4.69) is 63.5 Å². The van der Waals surface area contributed by atoms with Gasteiger partial charge in [-0.3, -0.25) is 9.97 Å². The van der Waals surface area contributed by atoms with Crippen LogP contribution in [0.4, 0.5) is 0 Å². The first-order valence-electron chi connectivity index (χ1n) is 11.2. The number of nitrogens with zero attached hydrogens (tertiary/aromatic N) is 3. The Kier molecular flexibility index (Phi) is 3.34. The number of nitrogens with one attached hydrogen (secondary N) is 1. The Labute approximate surface area is 193 Å². The van der Waals surface area contributed by atoms with Crippen LogP contribution in [0, 0.1) is 0 Å². The summed E-state index contributed by atoms with van der Waals surface area (Å²) in [6, 6.07) is 26.8. The van der Waals surface area contributed by atoms with Crippen molar-refractivity contribution < 1.29 is 4.42 Å². The maximum atomic E-state index is 6.50. The van der Waals surface area contributed by atoms with Crippen LogP contribution in [-0.2, 0) is 0 Å². The van der Waals surface area contributed by atoms with Gasteiger partial charge >= 0.3 is 0 Å². The Morgan fingerprint density at radius 1 is 0.647 bits per heavy atom. The molecule has 0 saturated carbocycles. The second kappa shape index (κ2) is 6.39. The van der Waals surface area contributed by atoms with Gasteiger partial charge in [0.2, 0.25) is 0 Å². The largest absolute Gasteiger partial charge is 0.455 e. The summed E-state index contributed by atoms with van der Waals surface area (Å²) >= 11 is 0. The van der Waals surface area contributed by atoms with E-state index in [9.17, 15) is 0 Å². The molecule has 0 bridgehead atoms. The van der Waals surface area contributed by atoms with Crippen LogP contribution in [0.3, 0.4) is 0 Å². The van der Waals surface area contributed by atoms with Crippen molar-refractivity contribution in [2.24, 2.45) is 0 Å². The van der Waals surface area contributed by atoms with Gasteiger partial charge in [-0.05, 0) is 47.2 Å². The predicted molar refractivity (Wildman–Crippen MR) is 136 cm³/mol. The molecule has 6 aromatic rings. The molecule has 0 amide bonds. The first-order chi connectivity index (χ1) is 16.9. The quantitative estimate of drug-likeness (QED) is 0.274. The van der Waals surface area contributed by atoms with E-state index in [0.29, 0.717) is 0 Å². The van der Waals surface area contributed by atoms with E-state index in [4.69, 9.17) is 9.40 Å². The molecule has 0 atom stereocenters. The highest BCUT2D eigenvalue weighted by molar-refractivity contribution is 6.22. The van der Waals surface area contributed by atoms with Gasteiger partial charge in [-0.2, -0.15) is 0 Å². The second-order valence-corrected chi connectivity index (χ2v) is 8.56. The number of H-pyrrole nitrogens is 1. The van der Waals surface area contributed by atoms with Crippen molar-refractivity contribution in [3.8, 4) is 22.7 Å². The molecule has 1 aliphatic carbocycles. The van der Waals surface area contributed by atoms with Crippen molar-refractivity contribution in [3.05, 3.63) is 91.3 Å². The number of aromatic amines is 1. The number of para-hydroxylation sites is 1. The molecule has 0 saturated heterocycles. The number of pyridine rings is 2. The van der Waals surface area contributed by atoms with E-state index in [1.807, 2.05) is 36.5 Å². The van der Waals surface area contributed by atoms with Gasteiger partial charge in [0.25, 0.3) is 0 Å². The van der Waals surface area contributed by atoms with Crippen molar-refractivity contribution in [2.75, 3.05) is 0 Å². The number of aromatic nitrogens is 4. The summed E-state index contributed by atoms with van der Waals surface area (Å²) in [6.45, 7) is 0. The summed E-state index contributed by atoms with van der Waals surface area (Å²) in [6.07, 6.45) is 3.61. The van der Waals surface area contributed by atoms with Gasteiger partial charge in [-0.1, -0.05) is 42.5 Å². The van der Waals surface area contributed by atoms with Crippen molar-refractivity contribution in [1.29, 1.82) is 0 Å². The normalized spacial score (nSPS) is 12.1. The zero-order valence-electron chi connectivity index (χ0n) is 17.9. The van der Waals surface area contributed by atoms with E-state index in [1.54, 1.807) is 6.20 Å². The molecule has 0 spiro atoms. The number of fused-ring (bicyclic) bond motifs is 10. The minimum absolute atomic E-state index is 0.779. The van der Waals surface area contributed by atoms with Crippen molar-refractivity contribution >= 4 is 54.6 Å². The van der Waals surface area contributed by atoms with Crippen molar-refractivity contribution in [3.63, 3.8) is 0 Å². The Morgan fingerprint density at radius 2 is 1.35 bits per heavy atom. The van der Waals surface area contributed by atoms with Gasteiger partial charge in [0.15, 0.2) is 0 Å². The van der Waals surface area contributed by atoms with Crippen molar-refractivity contribution in [1.82, 2.24) is 19.9 Å². The fourth-order valence-electron chi connectivity index (χ4n) is 5.22. The average molecular weight is 436 g/mol. The van der Waals surface area contributed by atoms with E-state index < -0.39 is 0 Å². The molecule has 0 radical (unpaired) electrons. The molecule has 34 heavy (non-hydrogen) atoms. The van der Waals surface area contributed by atoms with Crippen LogP contribution >= 0.6 is 0 Å². The molecule has 158 valence electrons. The third-order valence-corrected chi connectivity index (χ3v) is 6.69. The summed E-state index contributed by atoms with van der Waals surface area (Å²) in [5, 5.41) is 5.33. The average Bonchev–Trinajstić information content (AvgIpc) is 3.47. The lowest BCUT2D eigenvalue weighted by molar-refractivity contribution is 0.623. The molecule has 8 rings (SSSR count). The summed E-state index contributed by atoms with van der Waals surface area (Å²) in [5.41, 5.74) is 6.48. The van der Waals surface area contributed by atoms with Gasteiger partial charge in [0.1, 0.15) is 17.2 Å². The maximum Gasteiger partial charge on any atom is 0.146 e. The van der Waals surface area contributed by atoms with Gasteiger partial charge in [-0.25, -0.2) is 4.98 Å². The minimum atomic E-state index is 0.779. The highest BCUT2D eigenvalue weighted by atomic mass is 16.3. The fourth-order valence-corrected chi connectivity index (χ4v) is 5.22. The number of imidazole rings is 1. The zero-order valence-corrected chi connectivity index (χ0v) is 17.9. The summed E-state index contributed by atoms with van der Waals surface area (Å²) < 4.78 is 6.50. The molecular weight excluding hydrogens is 420 g/mol. The molecule has 1 N–H and O–H groups in total. The van der Waals surface area contributed by atoms with Gasteiger partial charge < -0.3 is 9.40 Å². The lowest BCUT2D eigenvalue weighted by Crippen LogP contribution is -1.86. The third kappa shape index (κ3) is 2.25. The van der Waals surface area contributed by atoms with Crippen molar-refractivity contribution in [2.45, 2.75) is 0 Å². The number of hydrogen-bond acceptors (Lipinski definition) is 4. The second-order valence-electron chi connectivity index (χ2n) is 8.56. The van der Waals surface area contributed by atoms with E-state index >= 15 is 0 Å². The molecule has 1 aliphatic heterocycles. The Hall–Kier alpha value is -4.77. The van der Waals surface area contributed by atoms with Crippen LogP contribution in [0.25, 0.3) is 77.3 Å². The van der Waals surface area contributed by atoms with Crippen LogP contribution in [0.15, 0.2) is 95.7 Å². The molecule has 5 nitrogen and oxygen atoms in total. The predicted octanol–water partition coefficient (Wildman–Crippen LogP) is 7.33. The lowest BCUT2D eigenvalue weighted by atomic mass is 10.1. The highest BCUT2D eigenvalue weighted by Crippen LogP contribution is 2.46. The number of benzene rings is 3. The van der Waals surface area contributed by atoms with E-state index in [-0.39, 0.29) is 0 Å². The molecule has 2 aliphatic rings. The number of hydrogen-bond donors (Lipinski definition) is 1. The Balaban J connectivity index is 1.55. The molecule has 3 aromatic carbocycles. The SMILES string of the molecule is c1ccc2oc3c(-c4nc5c6cccnc6c6ncccc6c5[nH]4)c4ccccc4c-3cc2c1. The third-order valence-electron chi connectivity index (χ3n) is 6.69. The van der Waals surface area contributed by atoms with E-state index in [0.717, 1.165) is 77.3 Å². The summed E-state index contributed by atoms with van der Waals surface area (Å²) in [5.74, 6) is 1.62. The van der Waals surface area contributed by atoms with Gasteiger partial charge in [0.05, 0.1) is 27.6 Å². The Bertz CT molecular complexity index is 1960. The van der Waals surface area contributed by atoms with Crippen LogP contribution < -0.4 is 0 Å². The van der Waals surface area contributed by atoms with Crippen LogP contribution in [-0.4, -0.2) is 19.9 Å². The monoisotopic (exact) mass is 436 g/mol. The maximum absolute atomic E-state index is 6.50. The lowest BCUT2D eigenvalue weighted by Gasteiger charge is -2.05. The Morgan fingerprint density at radius 3 is 2.24 bits per heavy atom. The van der Waals surface area contributed by atoms with Gasteiger partial charge in [0, 0.05) is 34.1 Å². The molecule has 4 heterocycles. The molecule has 3 aromatic heterocycles. The topological polar surface area (TPSA) is 67.6 Å². The van der Waals surface area contributed by atoms with E-state index in [1.165, 1.54) is 0 Å². The molecular formula is C29H16N4O. The standard InChI is InChI=1S/C29H16N4O/c1-4-12-22-16(7-1)15-21-17-8-2-3-9-18(17)23(28(21)34-22)29-32-26-19-10-5-13-30-24(19)25-20(27(26)33-29)11-6-14-31-25/h1-15H,(H,32,33).